The van der Waals surface area contributed by atoms with Crippen molar-refractivity contribution < 1.29 is 4.57 Å². The maximum absolute atomic E-state index is 12.7. The van der Waals surface area contributed by atoms with Crippen LogP contribution in [0.15, 0.2) is 64.7 Å². The van der Waals surface area contributed by atoms with E-state index in [1.54, 1.807) is 64.8 Å². The van der Waals surface area contributed by atoms with E-state index in [-0.39, 0.29) is 16.7 Å². The Morgan fingerprint density at radius 3 is 2.38 bits per heavy atom. The molecule has 2 heterocycles. The van der Waals surface area contributed by atoms with Crippen LogP contribution in [0.25, 0.3) is 11.4 Å². The molecule has 118 valence electrons. The molecule has 0 bridgehead atoms. The minimum absolute atomic E-state index is 0.0740. The summed E-state index contributed by atoms with van der Waals surface area (Å²) in [7, 11) is 0. The molecule has 0 N–H and O–H groups in total. The molecule has 0 saturated heterocycles. The predicted molar refractivity (Wildman–Crippen MR) is 93.7 cm³/mol. The highest BCUT2D eigenvalue weighted by atomic mass is 35.5. The number of benzene rings is 1. The lowest BCUT2D eigenvalue weighted by Crippen LogP contribution is -2.39. The first-order valence-corrected chi connectivity index (χ1v) is 7.92. The van der Waals surface area contributed by atoms with E-state index in [9.17, 15) is 10.1 Å². The minimum atomic E-state index is -0.374. The Balaban J connectivity index is 2.41. The molecule has 2 aromatic heterocycles. The van der Waals surface area contributed by atoms with Crippen LogP contribution < -0.4 is 10.00 Å². The zero-order valence-corrected chi connectivity index (χ0v) is 14.3. The van der Waals surface area contributed by atoms with Crippen molar-refractivity contribution in [3.05, 3.63) is 81.4 Å². The maximum Gasteiger partial charge on any atom is 0.269 e. The number of nitriles is 1. The molecule has 0 aliphatic rings. The van der Waals surface area contributed by atoms with Gasteiger partial charge in [0.1, 0.15) is 11.6 Å². The fraction of sp³-hybridized carbons (Fsp3) is 0.0556. The second-order valence-corrected chi connectivity index (χ2v) is 5.97. The van der Waals surface area contributed by atoms with E-state index in [1.807, 2.05) is 12.1 Å². The second-order valence-electron chi connectivity index (χ2n) is 5.15. The molecule has 0 radical (unpaired) electrons. The van der Waals surface area contributed by atoms with Gasteiger partial charge in [-0.05, 0) is 36.2 Å². The van der Waals surface area contributed by atoms with Crippen LogP contribution >= 0.6 is 11.6 Å². The van der Waals surface area contributed by atoms with Gasteiger partial charge in [0.25, 0.3) is 11.1 Å². The molecule has 0 spiro atoms. The molecule has 6 heteroatoms. The highest BCUT2D eigenvalue weighted by Gasteiger charge is 2.21. The van der Waals surface area contributed by atoms with Gasteiger partial charge in [-0.1, -0.05) is 17.7 Å². The molecule has 3 aromatic rings. The standard InChI is InChI=1S/C18H12ClN3OS/c1-12-15(11-20)17(23)16(21-9-3-2-4-10-21)18(24)22(12)14-7-5-13(19)6-8-14/h2-10H,1H3. The van der Waals surface area contributed by atoms with Crippen LogP contribution in [0.4, 0.5) is 0 Å². The van der Waals surface area contributed by atoms with Gasteiger partial charge < -0.3 is 17.2 Å². The van der Waals surface area contributed by atoms with Gasteiger partial charge in [0.15, 0.2) is 12.4 Å². The fourth-order valence-electron chi connectivity index (χ4n) is 2.56. The topological polar surface area (TPSA) is 49.7 Å². The van der Waals surface area contributed by atoms with Crippen molar-refractivity contribution in [1.29, 1.82) is 5.26 Å². The Hall–Kier alpha value is -2.68. The predicted octanol–water partition coefficient (Wildman–Crippen LogP) is 2.85. The summed E-state index contributed by atoms with van der Waals surface area (Å²) in [6.45, 7) is 1.71. The van der Waals surface area contributed by atoms with Gasteiger partial charge in [-0.15, -0.1) is 0 Å². The summed E-state index contributed by atoms with van der Waals surface area (Å²) in [6, 6.07) is 14.5. The van der Waals surface area contributed by atoms with E-state index < -0.39 is 0 Å². The molecule has 0 aliphatic carbocycles. The Kier molecular flexibility index (Phi) is 4.34. The summed E-state index contributed by atoms with van der Waals surface area (Å²) in [6.07, 6.45) is 3.46. The van der Waals surface area contributed by atoms with E-state index in [2.05, 4.69) is 0 Å². The van der Waals surface area contributed by atoms with Crippen LogP contribution in [0.2, 0.25) is 5.02 Å². The molecule has 0 saturated carbocycles. The third kappa shape index (κ3) is 2.67. The van der Waals surface area contributed by atoms with Gasteiger partial charge >= 0.3 is 0 Å². The van der Waals surface area contributed by atoms with Crippen molar-refractivity contribution in [3.8, 4) is 17.4 Å². The zero-order chi connectivity index (χ0) is 17.3. The molecule has 0 atom stereocenters. The molecular formula is C18H12ClN3OS. The van der Waals surface area contributed by atoms with E-state index in [0.717, 1.165) is 5.69 Å². The lowest BCUT2D eigenvalue weighted by atomic mass is 10.1. The average molecular weight is 354 g/mol. The number of aromatic nitrogens is 2. The molecule has 0 fully saturated rings. The van der Waals surface area contributed by atoms with Crippen molar-refractivity contribution in [2.24, 2.45) is 0 Å². The van der Waals surface area contributed by atoms with Crippen LogP contribution in [0.3, 0.4) is 0 Å². The van der Waals surface area contributed by atoms with Gasteiger partial charge in [-0.3, -0.25) is 4.79 Å². The summed E-state index contributed by atoms with van der Waals surface area (Å²) in [5.41, 5.74) is 1.24. The van der Waals surface area contributed by atoms with Gasteiger partial charge in [0.2, 0.25) is 0 Å². The summed E-state index contributed by atoms with van der Waals surface area (Å²) >= 11 is 11.5. The highest BCUT2D eigenvalue weighted by Crippen LogP contribution is 2.20. The van der Waals surface area contributed by atoms with Crippen LogP contribution in [0.1, 0.15) is 11.3 Å². The first-order valence-electron chi connectivity index (χ1n) is 7.14. The van der Waals surface area contributed by atoms with Crippen molar-refractivity contribution in [2.45, 2.75) is 11.9 Å². The lowest BCUT2D eigenvalue weighted by Gasteiger charge is -2.22. The van der Waals surface area contributed by atoms with Crippen LogP contribution in [0, 0.1) is 18.3 Å². The molecule has 24 heavy (non-hydrogen) atoms. The summed E-state index contributed by atoms with van der Waals surface area (Å²) in [5, 5.41) is 10.4. The first-order chi connectivity index (χ1) is 11.5. The van der Waals surface area contributed by atoms with Gasteiger partial charge in [0.05, 0.1) is 0 Å². The normalized spacial score (nSPS) is 10.4. The lowest BCUT2D eigenvalue weighted by molar-refractivity contribution is -0.599. The van der Waals surface area contributed by atoms with E-state index in [1.165, 1.54) is 0 Å². The average Bonchev–Trinajstić information content (AvgIpc) is 2.58. The third-order valence-corrected chi connectivity index (χ3v) is 4.34. The van der Waals surface area contributed by atoms with Crippen molar-refractivity contribution in [3.63, 3.8) is 0 Å². The van der Waals surface area contributed by atoms with Gasteiger partial charge in [-0.2, -0.15) is 9.83 Å². The highest BCUT2D eigenvalue weighted by molar-refractivity contribution is 7.58. The Labute approximate surface area is 149 Å². The SMILES string of the molecule is Cc1c(C#N)c(=O)c(-[n+]2ccccc2)c([S-])n1-c1ccc(Cl)cc1. The van der Waals surface area contributed by atoms with E-state index >= 15 is 0 Å². The molecular weight excluding hydrogens is 342 g/mol. The summed E-state index contributed by atoms with van der Waals surface area (Å²) < 4.78 is 3.36. The Bertz CT molecular complexity index is 1010. The minimum Gasteiger partial charge on any atom is -0.755 e. The quantitative estimate of drug-likeness (QED) is 0.526. The summed E-state index contributed by atoms with van der Waals surface area (Å²) in [5.74, 6) is 0. The molecule has 4 nitrogen and oxygen atoms in total. The number of rotatable bonds is 2. The molecule has 3 rings (SSSR count). The smallest absolute Gasteiger partial charge is 0.269 e. The van der Waals surface area contributed by atoms with E-state index in [4.69, 9.17) is 24.2 Å². The largest absolute Gasteiger partial charge is 0.755 e. The summed E-state index contributed by atoms with van der Waals surface area (Å²) in [4.78, 5) is 12.7. The monoisotopic (exact) mass is 353 g/mol. The number of halogens is 1. The number of hydrogen-bond acceptors (Lipinski definition) is 3. The second kappa shape index (κ2) is 6.44. The third-order valence-electron chi connectivity index (χ3n) is 3.72. The molecule has 1 aromatic carbocycles. The van der Waals surface area contributed by atoms with Crippen molar-refractivity contribution in [2.75, 3.05) is 0 Å². The molecule has 0 unspecified atom stereocenters. The van der Waals surface area contributed by atoms with Crippen LogP contribution in [-0.2, 0) is 12.6 Å². The Morgan fingerprint density at radius 1 is 1.17 bits per heavy atom. The van der Waals surface area contributed by atoms with Gasteiger partial charge in [-0.25, -0.2) is 0 Å². The first kappa shape index (κ1) is 16.2. The van der Waals surface area contributed by atoms with Crippen LogP contribution in [0.5, 0.6) is 0 Å². The number of nitrogens with zero attached hydrogens (tertiary/aromatic N) is 3. The zero-order valence-electron chi connectivity index (χ0n) is 12.7. The van der Waals surface area contributed by atoms with Crippen molar-refractivity contribution >= 4 is 24.2 Å². The van der Waals surface area contributed by atoms with Crippen molar-refractivity contribution in [1.82, 2.24) is 4.57 Å². The fourth-order valence-corrected chi connectivity index (χ4v) is 3.12. The van der Waals surface area contributed by atoms with E-state index in [0.29, 0.717) is 15.7 Å². The number of hydrogen-bond donors (Lipinski definition) is 0. The maximum atomic E-state index is 12.7. The van der Waals surface area contributed by atoms with Gasteiger partial charge in [0, 0.05) is 28.5 Å². The number of pyridine rings is 2. The van der Waals surface area contributed by atoms with Crippen LogP contribution in [-0.4, -0.2) is 4.57 Å². The molecule has 0 amide bonds. The molecule has 0 aliphatic heterocycles. The Morgan fingerprint density at radius 2 is 1.79 bits per heavy atom.